The topological polar surface area (TPSA) is 49.5 Å². The Morgan fingerprint density at radius 2 is 2.12 bits per heavy atom. The Balaban J connectivity index is 1.19. The number of ether oxygens (including phenoxy) is 5. The van der Waals surface area contributed by atoms with E-state index in [-0.39, 0.29) is 6.29 Å². The molecule has 5 atom stereocenters. The maximum atomic E-state index is 6.33. The number of fused-ring (bicyclic) bond motifs is 5. The van der Waals surface area contributed by atoms with Gasteiger partial charge in [-0.05, 0) is 56.2 Å². The fourth-order valence-corrected chi connectivity index (χ4v) is 4.75. The maximum absolute atomic E-state index is 6.33. The summed E-state index contributed by atoms with van der Waals surface area (Å²) in [4.78, 5) is 0. The van der Waals surface area contributed by atoms with Gasteiger partial charge in [-0.3, -0.25) is 0 Å². The van der Waals surface area contributed by atoms with Crippen LogP contribution in [0.3, 0.4) is 0 Å². The summed E-state index contributed by atoms with van der Waals surface area (Å²) in [5.41, 5.74) is 2.56. The predicted octanol–water partition coefficient (Wildman–Crippen LogP) is 3.58. The minimum atomic E-state index is 0.0130. The van der Waals surface area contributed by atoms with Gasteiger partial charge in [0.2, 0.25) is 0 Å². The van der Waals surface area contributed by atoms with Crippen molar-refractivity contribution < 1.29 is 23.7 Å². The molecule has 5 rings (SSSR count). The molecule has 1 aromatic carbocycles. The van der Waals surface area contributed by atoms with Gasteiger partial charge >= 0.3 is 0 Å². The number of rotatable bonds is 7. The van der Waals surface area contributed by atoms with Crippen LogP contribution in [0.1, 0.15) is 55.6 Å². The zero-order chi connectivity index (χ0) is 17.5. The largest absolute Gasteiger partial charge is 0.497 e. The van der Waals surface area contributed by atoms with Crippen LogP contribution >= 0.6 is 0 Å². The summed E-state index contributed by atoms with van der Waals surface area (Å²) < 4.78 is 29.1. The van der Waals surface area contributed by atoms with Crippen LogP contribution in [-0.2, 0) is 20.6 Å². The van der Waals surface area contributed by atoms with Crippen LogP contribution in [0.4, 0.5) is 0 Å². The first-order valence-corrected chi connectivity index (χ1v) is 10.1. The van der Waals surface area contributed by atoms with Crippen molar-refractivity contribution in [1.82, 2.24) is 0 Å². The van der Waals surface area contributed by atoms with Crippen LogP contribution in [0.2, 0.25) is 0 Å². The predicted molar refractivity (Wildman–Crippen MR) is 95.9 cm³/mol. The fraction of sp³-hybridized carbons (Fsp3) is 0.714. The number of methoxy groups -OCH3 is 1. The lowest BCUT2D eigenvalue weighted by Gasteiger charge is -2.22. The molecule has 0 bridgehead atoms. The van der Waals surface area contributed by atoms with Crippen molar-refractivity contribution in [2.24, 2.45) is 0 Å². The first kappa shape index (κ1) is 16.8. The molecule has 2 saturated heterocycles. The van der Waals surface area contributed by atoms with Crippen molar-refractivity contribution in [2.75, 3.05) is 20.3 Å². The quantitative estimate of drug-likeness (QED) is 0.549. The van der Waals surface area contributed by atoms with Gasteiger partial charge in [0.25, 0.3) is 0 Å². The molecule has 3 unspecified atom stereocenters. The van der Waals surface area contributed by atoms with Crippen LogP contribution < -0.4 is 9.47 Å². The molecule has 1 saturated carbocycles. The summed E-state index contributed by atoms with van der Waals surface area (Å²) >= 11 is 0. The molecule has 1 aromatic rings. The van der Waals surface area contributed by atoms with Crippen molar-refractivity contribution >= 4 is 0 Å². The second kappa shape index (κ2) is 7.02. The lowest BCUT2D eigenvalue weighted by Crippen LogP contribution is -2.22. The van der Waals surface area contributed by atoms with E-state index in [1.807, 2.05) is 0 Å². The summed E-state index contributed by atoms with van der Waals surface area (Å²) in [6.45, 7) is 1.60. The van der Waals surface area contributed by atoms with E-state index < -0.39 is 0 Å². The van der Waals surface area contributed by atoms with Gasteiger partial charge in [-0.25, -0.2) is 0 Å². The van der Waals surface area contributed by atoms with Crippen molar-refractivity contribution in [1.29, 1.82) is 0 Å². The van der Waals surface area contributed by atoms with Gasteiger partial charge in [0.1, 0.15) is 17.6 Å². The highest BCUT2D eigenvalue weighted by Gasteiger charge is 2.60. The Labute approximate surface area is 154 Å². The van der Waals surface area contributed by atoms with E-state index >= 15 is 0 Å². The molecule has 0 aromatic heterocycles. The van der Waals surface area contributed by atoms with Gasteiger partial charge < -0.3 is 23.7 Å². The molecule has 4 aliphatic rings. The zero-order valence-electron chi connectivity index (χ0n) is 15.4. The zero-order valence-corrected chi connectivity index (χ0v) is 15.4. The Morgan fingerprint density at radius 3 is 2.96 bits per heavy atom. The first-order chi connectivity index (χ1) is 12.8. The lowest BCUT2D eigenvalue weighted by molar-refractivity contribution is -0.162. The molecular formula is C21H28O5. The van der Waals surface area contributed by atoms with Gasteiger partial charge in [0.15, 0.2) is 6.29 Å². The third-order valence-corrected chi connectivity index (χ3v) is 6.16. The van der Waals surface area contributed by atoms with E-state index in [4.69, 9.17) is 23.7 Å². The SMILES string of the molecule is COc1cc(CCCCOC2CCCCO2)c2c(c1)C1C(C[C@H]3O[C@@H]13)O2. The van der Waals surface area contributed by atoms with Gasteiger partial charge in [0.05, 0.1) is 25.2 Å². The second-order valence-electron chi connectivity index (χ2n) is 7.89. The summed E-state index contributed by atoms with van der Waals surface area (Å²) in [5, 5.41) is 0. The Kier molecular flexibility index (Phi) is 4.55. The molecular weight excluding hydrogens is 332 g/mol. The highest BCUT2D eigenvalue weighted by atomic mass is 16.7. The van der Waals surface area contributed by atoms with Gasteiger partial charge in [-0.1, -0.05) is 0 Å². The third kappa shape index (κ3) is 3.10. The van der Waals surface area contributed by atoms with E-state index in [2.05, 4.69) is 12.1 Å². The number of benzene rings is 1. The summed E-state index contributed by atoms with van der Waals surface area (Å²) in [7, 11) is 1.74. The Hall–Kier alpha value is -1.30. The molecule has 3 aliphatic heterocycles. The van der Waals surface area contributed by atoms with Crippen molar-refractivity contribution in [3.05, 3.63) is 23.3 Å². The highest BCUT2D eigenvalue weighted by Crippen LogP contribution is 2.57. The molecule has 0 N–H and O–H groups in total. The number of unbranched alkanes of at least 4 members (excludes halogenated alkanes) is 1. The minimum Gasteiger partial charge on any atom is -0.497 e. The number of epoxide rings is 1. The van der Waals surface area contributed by atoms with Gasteiger partial charge in [-0.15, -0.1) is 0 Å². The normalized spacial score (nSPS) is 34.0. The molecule has 3 heterocycles. The Morgan fingerprint density at radius 1 is 1.15 bits per heavy atom. The molecule has 5 heteroatoms. The summed E-state index contributed by atoms with van der Waals surface area (Å²) in [6.07, 6.45) is 8.64. The molecule has 0 spiro atoms. The summed E-state index contributed by atoms with van der Waals surface area (Å²) in [5.74, 6) is 2.42. The van der Waals surface area contributed by atoms with Crippen LogP contribution in [-0.4, -0.2) is 44.9 Å². The summed E-state index contributed by atoms with van der Waals surface area (Å²) in [6, 6.07) is 4.29. The van der Waals surface area contributed by atoms with Crippen LogP contribution in [0.5, 0.6) is 11.5 Å². The first-order valence-electron chi connectivity index (χ1n) is 10.1. The van der Waals surface area contributed by atoms with E-state index in [1.165, 1.54) is 17.5 Å². The fourth-order valence-electron chi connectivity index (χ4n) is 4.75. The molecule has 0 radical (unpaired) electrons. The molecule has 3 fully saturated rings. The highest BCUT2D eigenvalue weighted by molar-refractivity contribution is 5.54. The molecule has 26 heavy (non-hydrogen) atoms. The number of hydrogen-bond donors (Lipinski definition) is 0. The van der Waals surface area contributed by atoms with Gasteiger partial charge in [-0.2, -0.15) is 0 Å². The van der Waals surface area contributed by atoms with E-state index in [0.717, 1.165) is 63.2 Å². The van der Waals surface area contributed by atoms with Crippen LogP contribution in [0.25, 0.3) is 0 Å². The maximum Gasteiger partial charge on any atom is 0.157 e. The van der Waals surface area contributed by atoms with Crippen molar-refractivity contribution in [3.8, 4) is 11.5 Å². The molecule has 142 valence electrons. The van der Waals surface area contributed by atoms with E-state index in [9.17, 15) is 0 Å². The second-order valence-corrected chi connectivity index (χ2v) is 7.89. The lowest BCUT2D eigenvalue weighted by atomic mass is 9.93. The average molecular weight is 360 g/mol. The minimum absolute atomic E-state index is 0.0130. The van der Waals surface area contributed by atoms with Crippen molar-refractivity contribution in [2.45, 2.75) is 75.5 Å². The van der Waals surface area contributed by atoms with E-state index in [1.54, 1.807) is 7.11 Å². The smallest absolute Gasteiger partial charge is 0.157 e. The van der Waals surface area contributed by atoms with Gasteiger partial charge in [0, 0.05) is 25.2 Å². The molecule has 5 nitrogen and oxygen atoms in total. The molecule has 0 amide bonds. The van der Waals surface area contributed by atoms with Crippen LogP contribution in [0, 0.1) is 0 Å². The number of aryl methyl sites for hydroxylation is 1. The third-order valence-electron chi connectivity index (χ3n) is 6.16. The van der Waals surface area contributed by atoms with E-state index in [0.29, 0.717) is 24.2 Å². The Bertz CT molecular complexity index is 654. The monoisotopic (exact) mass is 360 g/mol. The average Bonchev–Trinajstić information content (AvgIpc) is 3.18. The van der Waals surface area contributed by atoms with Crippen molar-refractivity contribution in [3.63, 3.8) is 0 Å². The molecule has 1 aliphatic carbocycles. The number of hydrogen-bond acceptors (Lipinski definition) is 5. The standard InChI is InChI=1S/C21H28O5/c1-22-14-10-13(6-2-4-8-23-18-7-3-5-9-24-18)20-15(11-14)19-16(25-20)12-17-21(19)26-17/h10-11,16-19,21H,2-9,12H2,1H3/t16?,17-,18?,19?,21-/m1/s1. The van der Waals surface area contributed by atoms with Crippen LogP contribution in [0.15, 0.2) is 12.1 Å².